The van der Waals surface area contributed by atoms with Gasteiger partial charge in [0.05, 0.1) is 19.2 Å². The highest BCUT2D eigenvalue weighted by Crippen LogP contribution is 2.28. The highest BCUT2D eigenvalue weighted by atomic mass is 16.5. The van der Waals surface area contributed by atoms with Crippen molar-refractivity contribution in [3.05, 3.63) is 30.0 Å². The van der Waals surface area contributed by atoms with Crippen molar-refractivity contribution in [1.82, 2.24) is 4.57 Å². The van der Waals surface area contributed by atoms with Gasteiger partial charge in [0.1, 0.15) is 5.75 Å². The minimum absolute atomic E-state index is 0.0720. The smallest absolute Gasteiger partial charge is 0.120 e. The summed E-state index contributed by atoms with van der Waals surface area (Å²) in [5.74, 6) is 0.844. The summed E-state index contributed by atoms with van der Waals surface area (Å²) in [7, 11) is 1.66. The Morgan fingerprint density at radius 2 is 2.12 bits per heavy atom. The Hall–Kier alpha value is -1.48. The first kappa shape index (κ1) is 11.0. The molecule has 0 aliphatic carbocycles. The van der Waals surface area contributed by atoms with Gasteiger partial charge in [-0.2, -0.15) is 0 Å². The van der Waals surface area contributed by atoms with Gasteiger partial charge in [-0.3, -0.25) is 0 Å². The van der Waals surface area contributed by atoms with E-state index in [2.05, 4.69) is 18.4 Å². The van der Waals surface area contributed by atoms with Crippen LogP contribution in [0.25, 0.3) is 10.9 Å². The molecule has 0 bridgehead atoms. The Morgan fingerprint density at radius 1 is 1.38 bits per heavy atom. The van der Waals surface area contributed by atoms with Crippen LogP contribution in [0.3, 0.4) is 0 Å². The van der Waals surface area contributed by atoms with Crippen molar-refractivity contribution in [2.24, 2.45) is 0 Å². The zero-order valence-electron chi connectivity index (χ0n) is 9.90. The molecule has 0 saturated carbocycles. The minimum atomic E-state index is 0.0720. The summed E-state index contributed by atoms with van der Waals surface area (Å²) in [4.78, 5) is 0. The molecule has 0 spiro atoms. The topological polar surface area (TPSA) is 34.4 Å². The van der Waals surface area contributed by atoms with E-state index in [1.165, 1.54) is 0 Å². The second kappa shape index (κ2) is 4.18. The lowest BCUT2D eigenvalue weighted by Crippen LogP contribution is -1.98. The van der Waals surface area contributed by atoms with Crippen LogP contribution in [0.1, 0.15) is 25.5 Å². The predicted molar refractivity (Wildman–Crippen MR) is 64.8 cm³/mol. The van der Waals surface area contributed by atoms with Crippen molar-refractivity contribution in [2.45, 2.75) is 26.5 Å². The molecule has 3 heteroatoms. The van der Waals surface area contributed by atoms with Gasteiger partial charge in [0.25, 0.3) is 0 Å². The van der Waals surface area contributed by atoms with E-state index in [1.807, 2.05) is 24.4 Å². The van der Waals surface area contributed by atoms with Crippen LogP contribution in [-0.4, -0.2) is 16.8 Å². The number of methoxy groups -OCH3 is 1. The maximum atomic E-state index is 9.31. The molecule has 0 amide bonds. The third-order valence-corrected chi connectivity index (χ3v) is 2.85. The maximum Gasteiger partial charge on any atom is 0.120 e. The van der Waals surface area contributed by atoms with Crippen molar-refractivity contribution in [1.29, 1.82) is 0 Å². The molecule has 0 unspecified atom stereocenters. The molecule has 86 valence electrons. The summed E-state index contributed by atoms with van der Waals surface area (Å²) in [6, 6.07) is 6.30. The molecule has 0 fully saturated rings. The number of aliphatic hydroxyl groups excluding tert-OH is 1. The summed E-state index contributed by atoms with van der Waals surface area (Å²) >= 11 is 0. The Kier molecular flexibility index (Phi) is 2.88. The van der Waals surface area contributed by atoms with E-state index in [0.717, 1.165) is 22.2 Å². The molecule has 0 saturated heterocycles. The number of aliphatic hydroxyl groups is 1. The van der Waals surface area contributed by atoms with E-state index in [9.17, 15) is 5.11 Å². The lowest BCUT2D eigenvalue weighted by atomic mass is 10.2. The SMILES string of the molecule is COc1ccc2c(CO)cn(C(C)C)c2c1. The van der Waals surface area contributed by atoms with Crippen molar-refractivity contribution in [2.75, 3.05) is 7.11 Å². The van der Waals surface area contributed by atoms with Gasteiger partial charge in [0.2, 0.25) is 0 Å². The molecule has 0 aliphatic rings. The van der Waals surface area contributed by atoms with Gasteiger partial charge in [-0.05, 0) is 26.0 Å². The lowest BCUT2D eigenvalue weighted by molar-refractivity contribution is 0.283. The number of rotatable bonds is 3. The van der Waals surface area contributed by atoms with Crippen molar-refractivity contribution in [3.8, 4) is 5.75 Å². The van der Waals surface area contributed by atoms with Crippen LogP contribution in [0.15, 0.2) is 24.4 Å². The van der Waals surface area contributed by atoms with Gasteiger partial charge in [-0.1, -0.05) is 0 Å². The highest BCUT2D eigenvalue weighted by Gasteiger charge is 2.10. The number of benzene rings is 1. The third kappa shape index (κ3) is 1.67. The average molecular weight is 219 g/mol. The third-order valence-electron chi connectivity index (χ3n) is 2.85. The maximum absolute atomic E-state index is 9.31. The molecular formula is C13H17NO2. The molecule has 1 heterocycles. The van der Waals surface area contributed by atoms with Crippen LogP contribution in [0.4, 0.5) is 0 Å². The highest BCUT2D eigenvalue weighted by molar-refractivity contribution is 5.85. The molecule has 2 aromatic rings. The number of fused-ring (bicyclic) bond motifs is 1. The number of aromatic nitrogens is 1. The molecule has 3 nitrogen and oxygen atoms in total. The second-order valence-electron chi connectivity index (χ2n) is 4.20. The standard InChI is InChI=1S/C13H17NO2/c1-9(2)14-7-10(8-15)12-5-4-11(16-3)6-13(12)14/h4-7,9,15H,8H2,1-3H3. The van der Waals surface area contributed by atoms with Crippen LogP contribution in [-0.2, 0) is 6.61 Å². The number of hydrogen-bond acceptors (Lipinski definition) is 2. The minimum Gasteiger partial charge on any atom is -0.497 e. The molecule has 2 rings (SSSR count). The Morgan fingerprint density at radius 3 is 2.69 bits per heavy atom. The van der Waals surface area contributed by atoms with E-state index in [-0.39, 0.29) is 6.61 Å². The van der Waals surface area contributed by atoms with Crippen LogP contribution in [0, 0.1) is 0 Å². The van der Waals surface area contributed by atoms with Crippen LogP contribution < -0.4 is 4.74 Å². The van der Waals surface area contributed by atoms with E-state index < -0.39 is 0 Å². The van der Waals surface area contributed by atoms with Crippen LogP contribution in [0.2, 0.25) is 0 Å². The molecule has 0 aliphatic heterocycles. The number of hydrogen-bond donors (Lipinski definition) is 1. The van der Waals surface area contributed by atoms with Crippen molar-refractivity contribution < 1.29 is 9.84 Å². The van der Waals surface area contributed by atoms with E-state index >= 15 is 0 Å². The first-order valence-electron chi connectivity index (χ1n) is 5.45. The van der Waals surface area contributed by atoms with Gasteiger partial charge in [-0.25, -0.2) is 0 Å². The summed E-state index contributed by atoms with van der Waals surface area (Å²) in [5, 5.41) is 10.4. The Balaban J connectivity index is 2.70. The van der Waals surface area contributed by atoms with Crippen molar-refractivity contribution >= 4 is 10.9 Å². The van der Waals surface area contributed by atoms with E-state index in [4.69, 9.17) is 4.74 Å². The summed E-state index contributed by atoms with van der Waals surface area (Å²) in [5.41, 5.74) is 2.07. The lowest BCUT2D eigenvalue weighted by Gasteiger charge is -2.09. The summed E-state index contributed by atoms with van der Waals surface area (Å²) < 4.78 is 7.38. The molecule has 16 heavy (non-hydrogen) atoms. The first-order valence-corrected chi connectivity index (χ1v) is 5.45. The fourth-order valence-corrected chi connectivity index (χ4v) is 1.98. The van der Waals surface area contributed by atoms with Crippen LogP contribution >= 0.6 is 0 Å². The molecule has 1 aromatic heterocycles. The number of nitrogens with zero attached hydrogens (tertiary/aromatic N) is 1. The van der Waals surface area contributed by atoms with Gasteiger partial charge in [0.15, 0.2) is 0 Å². The monoisotopic (exact) mass is 219 g/mol. The van der Waals surface area contributed by atoms with E-state index in [1.54, 1.807) is 7.11 Å². The zero-order valence-corrected chi connectivity index (χ0v) is 9.90. The van der Waals surface area contributed by atoms with Crippen molar-refractivity contribution in [3.63, 3.8) is 0 Å². The summed E-state index contributed by atoms with van der Waals surface area (Å²) in [6.45, 7) is 4.32. The Labute approximate surface area is 95.3 Å². The quantitative estimate of drug-likeness (QED) is 0.861. The largest absolute Gasteiger partial charge is 0.497 e. The Bertz CT molecular complexity index is 500. The van der Waals surface area contributed by atoms with Gasteiger partial charge in [0, 0.05) is 29.3 Å². The fraction of sp³-hybridized carbons (Fsp3) is 0.385. The van der Waals surface area contributed by atoms with E-state index in [0.29, 0.717) is 6.04 Å². The molecule has 1 N–H and O–H groups in total. The predicted octanol–water partition coefficient (Wildman–Crippen LogP) is 2.72. The van der Waals surface area contributed by atoms with Gasteiger partial charge >= 0.3 is 0 Å². The molecule has 0 radical (unpaired) electrons. The normalized spacial score (nSPS) is 11.3. The fourth-order valence-electron chi connectivity index (χ4n) is 1.98. The second-order valence-corrected chi connectivity index (χ2v) is 4.20. The average Bonchev–Trinajstić information content (AvgIpc) is 2.66. The van der Waals surface area contributed by atoms with Gasteiger partial charge < -0.3 is 14.4 Å². The number of ether oxygens (including phenoxy) is 1. The first-order chi connectivity index (χ1) is 7.67. The molecule has 0 atom stereocenters. The zero-order chi connectivity index (χ0) is 11.7. The summed E-state index contributed by atoms with van der Waals surface area (Å²) in [6.07, 6.45) is 2.01. The molecule has 1 aromatic carbocycles. The van der Waals surface area contributed by atoms with Gasteiger partial charge in [-0.15, -0.1) is 0 Å². The molecular weight excluding hydrogens is 202 g/mol. The van der Waals surface area contributed by atoms with Crippen LogP contribution in [0.5, 0.6) is 5.75 Å².